The summed E-state index contributed by atoms with van der Waals surface area (Å²) >= 11 is 0. The van der Waals surface area contributed by atoms with Crippen molar-refractivity contribution < 1.29 is 24.9 Å². The minimum Gasteiger partial charge on any atom is -0.465 e. The van der Waals surface area contributed by atoms with E-state index < -0.39 is 24.6 Å². The molecule has 0 unspecified atom stereocenters. The Hall–Kier alpha value is -0.910. The Balaban J connectivity index is 3.77. The molecule has 0 heterocycles. The number of ether oxygens (including phenoxy) is 1. The van der Waals surface area contributed by atoms with E-state index in [2.05, 4.69) is 19.1 Å². The second-order valence-electron chi connectivity index (χ2n) is 7.79. The lowest BCUT2D eigenvalue weighted by Gasteiger charge is -2.27. The first-order valence-electron chi connectivity index (χ1n) is 11.3. The van der Waals surface area contributed by atoms with Crippen LogP contribution in [-0.4, -0.2) is 47.7 Å². The number of hydrogen-bond donors (Lipinski definition) is 3. The highest BCUT2D eigenvalue weighted by Crippen LogP contribution is 2.26. The maximum Gasteiger partial charge on any atom is 0.316 e. The number of aliphatic hydroxyl groups excluding tert-OH is 3. The summed E-state index contributed by atoms with van der Waals surface area (Å²) in [6.07, 6.45) is 19.6. The lowest BCUT2D eigenvalue weighted by atomic mass is 9.84. The molecule has 0 aromatic rings. The second kappa shape index (κ2) is 19.4. The molecule has 0 aliphatic carbocycles. The molecule has 0 saturated heterocycles. The summed E-state index contributed by atoms with van der Waals surface area (Å²) in [5, 5.41) is 27.9. The highest BCUT2D eigenvalue weighted by Gasteiger charge is 2.38. The van der Waals surface area contributed by atoms with Crippen LogP contribution in [0.4, 0.5) is 0 Å². The molecule has 0 aliphatic heterocycles. The lowest BCUT2D eigenvalue weighted by molar-refractivity contribution is -0.162. The zero-order valence-electron chi connectivity index (χ0n) is 18.0. The number of esters is 1. The van der Waals surface area contributed by atoms with Gasteiger partial charge in [0.05, 0.1) is 19.8 Å². The molecule has 3 N–H and O–H groups in total. The molecule has 0 rings (SSSR count). The van der Waals surface area contributed by atoms with Gasteiger partial charge >= 0.3 is 5.97 Å². The smallest absolute Gasteiger partial charge is 0.316 e. The Kier molecular flexibility index (Phi) is 18.8. The number of carbonyl (C=O) groups is 1. The van der Waals surface area contributed by atoms with E-state index in [4.69, 9.17) is 9.84 Å². The summed E-state index contributed by atoms with van der Waals surface area (Å²) in [7, 11) is 0. The molecule has 0 aromatic carbocycles. The molecule has 0 amide bonds. The quantitative estimate of drug-likeness (QED) is 0.159. The van der Waals surface area contributed by atoms with E-state index in [1.807, 2.05) is 0 Å². The topological polar surface area (TPSA) is 87.0 Å². The van der Waals surface area contributed by atoms with E-state index in [0.29, 0.717) is 12.8 Å². The molecule has 0 aliphatic rings. The van der Waals surface area contributed by atoms with Crippen LogP contribution < -0.4 is 0 Å². The van der Waals surface area contributed by atoms with Crippen LogP contribution in [0.3, 0.4) is 0 Å². The third kappa shape index (κ3) is 13.3. The van der Waals surface area contributed by atoms with Crippen LogP contribution in [0, 0.1) is 5.41 Å². The number of rotatable bonds is 20. The number of allylic oxidation sites excluding steroid dienone is 2. The van der Waals surface area contributed by atoms with Gasteiger partial charge < -0.3 is 20.1 Å². The minimum atomic E-state index is -1.22. The molecular weight excluding hydrogens is 356 g/mol. The van der Waals surface area contributed by atoms with Gasteiger partial charge in [-0.25, -0.2) is 0 Å². The third-order valence-electron chi connectivity index (χ3n) is 5.24. The molecule has 0 spiro atoms. The largest absolute Gasteiger partial charge is 0.465 e. The van der Waals surface area contributed by atoms with Gasteiger partial charge in [0.1, 0.15) is 5.41 Å². The van der Waals surface area contributed by atoms with E-state index in [1.54, 1.807) is 0 Å². The number of carbonyl (C=O) groups excluding carboxylic acids is 1. The predicted molar refractivity (Wildman–Crippen MR) is 114 cm³/mol. The summed E-state index contributed by atoms with van der Waals surface area (Å²) in [6.45, 7) is 1.48. The average Bonchev–Trinajstić information content (AvgIpc) is 2.71. The first kappa shape index (κ1) is 27.1. The predicted octanol–water partition coefficient (Wildman–Crippen LogP) is 4.53. The molecule has 0 atom stereocenters. The normalized spacial score (nSPS) is 12.0. The fourth-order valence-corrected chi connectivity index (χ4v) is 3.18. The monoisotopic (exact) mass is 400 g/mol. The Morgan fingerprint density at radius 1 is 0.786 bits per heavy atom. The number of aliphatic hydroxyl groups is 3. The van der Waals surface area contributed by atoms with Crippen LogP contribution in [0.5, 0.6) is 0 Å². The minimum absolute atomic E-state index is 0.0497. The van der Waals surface area contributed by atoms with Crippen LogP contribution in [-0.2, 0) is 9.53 Å². The Morgan fingerprint density at radius 3 is 1.86 bits per heavy atom. The maximum atomic E-state index is 12.1. The molecule has 0 radical (unpaired) electrons. The van der Waals surface area contributed by atoms with Gasteiger partial charge in [-0.15, -0.1) is 0 Å². The van der Waals surface area contributed by atoms with Crippen molar-refractivity contribution in [1.29, 1.82) is 0 Å². The molecule has 0 saturated carbocycles. The second-order valence-corrected chi connectivity index (χ2v) is 7.79. The van der Waals surface area contributed by atoms with Crippen molar-refractivity contribution in [2.45, 2.75) is 96.8 Å². The zero-order valence-corrected chi connectivity index (χ0v) is 18.0. The first-order valence-corrected chi connectivity index (χ1v) is 11.3. The van der Waals surface area contributed by atoms with Gasteiger partial charge in [0, 0.05) is 13.0 Å². The summed E-state index contributed by atoms with van der Waals surface area (Å²) in [4.78, 5) is 12.1. The molecule has 0 fully saturated rings. The van der Waals surface area contributed by atoms with E-state index in [9.17, 15) is 15.0 Å². The molecule has 28 heavy (non-hydrogen) atoms. The maximum absolute atomic E-state index is 12.1. The molecule has 0 bridgehead atoms. The third-order valence-corrected chi connectivity index (χ3v) is 5.24. The van der Waals surface area contributed by atoms with Gasteiger partial charge in [-0.1, -0.05) is 70.4 Å². The Labute approximate surface area is 172 Å². The highest BCUT2D eigenvalue weighted by atomic mass is 16.5. The van der Waals surface area contributed by atoms with E-state index in [1.165, 1.54) is 44.9 Å². The first-order chi connectivity index (χ1) is 13.7. The molecule has 5 nitrogen and oxygen atoms in total. The summed E-state index contributed by atoms with van der Waals surface area (Å²) in [5.41, 5.74) is -1.22. The van der Waals surface area contributed by atoms with Crippen molar-refractivity contribution in [1.82, 2.24) is 0 Å². The molecular formula is C23H44O5. The van der Waals surface area contributed by atoms with Crippen LogP contribution in [0.25, 0.3) is 0 Å². The summed E-state index contributed by atoms with van der Waals surface area (Å²) < 4.78 is 5.07. The van der Waals surface area contributed by atoms with Crippen molar-refractivity contribution in [2.75, 3.05) is 26.4 Å². The van der Waals surface area contributed by atoms with Gasteiger partial charge in [-0.05, 0) is 32.1 Å². The molecule has 166 valence electrons. The zero-order chi connectivity index (χ0) is 20.9. The Bertz CT molecular complexity index is 377. The van der Waals surface area contributed by atoms with Crippen molar-refractivity contribution in [3.63, 3.8) is 0 Å². The van der Waals surface area contributed by atoms with Crippen molar-refractivity contribution in [3.05, 3.63) is 12.2 Å². The van der Waals surface area contributed by atoms with E-state index >= 15 is 0 Å². The lowest BCUT2D eigenvalue weighted by Crippen LogP contribution is -2.40. The van der Waals surface area contributed by atoms with Gasteiger partial charge in [-0.3, -0.25) is 4.79 Å². The SMILES string of the molecule is CCCCCCCC/C=C\CCCCCCC(CO)(CO)C(=O)OCCCO. The van der Waals surface area contributed by atoms with Gasteiger partial charge in [0.15, 0.2) is 0 Å². The van der Waals surface area contributed by atoms with Crippen LogP contribution in [0.2, 0.25) is 0 Å². The summed E-state index contributed by atoms with van der Waals surface area (Å²) in [6, 6.07) is 0. The van der Waals surface area contributed by atoms with Crippen molar-refractivity contribution in [2.24, 2.45) is 5.41 Å². The number of hydrogen-bond acceptors (Lipinski definition) is 5. The van der Waals surface area contributed by atoms with Gasteiger partial charge in [0.25, 0.3) is 0 Å². The fraction of sp³-hybridized carbons (Fsp3) is 0.870. The van der Waals surface area contributed by atoms with Crippen LogP contribution >= 0.6 is 0 Å². The van der Waals surface area contributed by atoms with Crippen LogP contribution in [0.1, 0.15) is 96.8 Å². The highest BCUT2D eigenvalue weighted by molar-refractivity contribution is 5.77. The average molecular weight is 401 g/mol. The summed E-state index contributed by atoms with van der Waals surface area (Å²) in [5.74, 6) is -0.566. The van der Waals surface area contributed by atoms with E-state index in [0.717, 1.165) is 32.1 Å². The van der Waals surface area contributed by atoms with E-state index in [-0.39, 0.29) is 13.2 Å². The van der Waals surface area contributed by atoms with Crippen LogP contribution in [0.15, 0.2) is 12.2 Å². The fourth-order valence-electron chi connectivity index (χ4n) is 3.18. The standard InChI is InChI=1S/C23H44O5/c1-2-3-4-5-6-7-8-9-10-11-12-13-14-15-17-23(20-25,21-26)22(27)28-19-16-18-24/h9-10,24-26H,2-8,11-21H2,1H3/b10-9-. The molecule has 0 aromatic heterocycles. The molecule has 5 heteroatoms. The van der Waals surface area contributed by atoms with Crippen molar-refractivity contribution >= 4 is 5.97 Å². The van der Waals surface area contributed by atoms with Gasteiger partial charge in [-0.2, -0.15) is 0 Å². The van der Waals surface area contributed by atoms with Crippen molar-refractivity contribution in [3.8, 4) is 0 Å². The number of unbranched alkanes of at least 4 members (excludes halogenated alkanes) is 10. The van der Waals surface area contributed by atoms with Gasteiger partial charge in [0.2, 0.25) is 0 Å². The Morgan fingerprint density at radius 2 is 1.32 bits per heavy atom.